The summed E-state index contributed by atoms with van der Waals surface area (Å²) in [5, 5.41) is 11.3. The minimum absolute atomic E-state index is 0.116. The SMILES string of the molecule is N/C(=N/O)c1ccc(COCC2CCOC2)c(F)c1. The molecule has 2 rings (SSSR count). The Hall–Kier alpha value is -1.66. The van der Waals surface area contributed by atoms with Gasteiger partial charge in [-0.2, -0.15) is 0 Å². The molecule has 104 valence electrons. The average molecular weight is 268 g/mol. The molecular formula is C13H17FN2O3. The molecular weight excluding hydrogens is 251 g/mol. The van der Waals surface area contributed by atoms with Gasteiger partial charge in [0.15, 0.2) is 5.84 Å². The van der Waals surface area contributed by atoms with Crippen LogP contribution in [-0.4, -0.2) is 30.9 Å². The molecule has 1 aliphatic rings. The van der Waals surface area contributed by atoms with E-state index in [0.717, 1.165) is 13.0 Å². The third-order valence-electron chi connectivity index (χ3n) is 3.09. The molecule has 1 unspecified atom stereocenters. The fraction of sp³-hybridized carbons (Fsp3) is 0.462. The lowest BCUT2D eigenvalue weighted by Crippen LogP contribution is -2.14. The van der Waals surface area contributed by atoms with Gasteiger partial charge in [0.05, 0.1) is 19.8 Å². The van der Waals surface area contributed by atoms with Crippen LogP contribution < -0.4 is 5.73 Å². The van der Waals surface area contributed by atoms with E-state index in [0.29, 0.717) is 30.3 Å². The van der Waals surface area contributed by atoms with Crippen LogP contribution in [0.3, 0.4) is 0 Å². The topological polar surface area (TPSA) is 77.1 Å². The molecule has 1 heterocycles. The van der Waals surface area contributed by atoms with Crippen molar-refractivity contribution >= 4 is 5.84 Å². The molecule has 0 aliphatic carbocycles. The molecule has 0 bridgehead atoms. The van der Waals surface area contributed by atoms with E-state index in [1.54, 1.807) is 12.1 Å². The molecule has 1 aromatic carbocycles. The van der Waals surface area contributed by atoms with Gasteiger partial charge in [-0.3, -0.25) is 0 Å². The largest absolute Gasteiger partial charge is 0.409 e. The van der Waals surface area contributed by atoms with Gasteiger partial charge in [-0.15, -0.1) is 0 Å². The van der Waals surface area contributed by atoms with Crippen LogP contribution in [0.15, 0.2) is 23.4 Å². The Morgan fingerprint density at radius 2 is 2.42 bits per heavy atom. The molecule has 0 radical (unpaired) electrons. The van der Waals surface area contributed by atoms with E-state index in [2.05, 4.69) is 5.16 Å². The minimum Gasteiger partial charge on any atom is -0.409 e. The number of benzene rings is 1. The molecule has 0 saturated carbocycles. The maximum atomic E-state index is 13.8. The number of ether oxygens (including phenoxy) is 2. The Balaban J connectivity index is 1.89. The zero-order chi connectivity index (χ0) is 13.7. The Bertz CT molecular complexity index is 459. The second kappa shape index (κ2) is 6.49. The number of hydrogen-bond acceptors (Lipinski definition) is 4. The van der Waals surface area contributed by atoms with Crippen molar-refractivity contribution in [3.63, 3.8) is 0 Å². The lowest BCUT2D eigenvalue weighted by atomic mass is 10.1. The van der Waals surface area contributed by atoms with Gasteiger partial charge >= 0.3 is 0 Å². The van der Waals surface area contributed by atoms with Gasteiger partial charge in [-0.05, 0) is 12.5 Å². The number of hydrogen-bond donors (Lipinski definition) is 2. The molecule has 1 fully saturated rings. The van der Waals surface area contributed by atoms with Gasteiger partial charge in [0.1, 0.15) is 5.82 Å². The summed E-state index contributed by atoms with van der Waals surface area (Å²) in [5.74, 6) is -0.138. The van der Waals surface area contributed by atoms with Crippen LogP contribution in [0.5, 0.6) is 0 Å². The fourth-order valence-corrected chi connectivity index (χ4v) is 1.93. The van der Waals surface area contributed by atoms with Gasteiger partial charge < -0.3 is 20.4 Å². The number of halogens is 1. The van der Waals surface area contributed by atoms with Gasteiger partial charge in [-0.25, -0.2) is 4.39 Å². The highest BCUT2D eigenvalue weighted by atomic mass is 19.1. The molecule has 6 heteroatoms. The van der Waals surface area contributed by atoms with Crippen molar-refractivity contribution in [3.8, 4) is 0 Å². The van der Waals surface area contributed by atoms with E-state index in [1.165, 1.54) is 6.07 Å². The van der Waals surface area contributed by atoms with Crippen LogP contribution in [0.1, 0.15) is 17.5 Å². The molecule has 3 N–H and O–H groups in total. The predicted octanol–water partition coefficient (Wildman–Crippen LogP) is 1.47. The van der Waals surface area contributed by atoms with Crippen LogP contribution in [0, 0.1) is 11.7 Å². The first-order valence-corrected chi connectivity index (χ1v) is 6.12. The number of nitrogens with zero attached hydrogens (tertiary/aromatic N) is 1. The number of rotatable bonds is 5. The zero-order valence-electron chi connectivity index (χ0n) is 10.5. The van der Waals surface area contributed by atoms with E-state index in [-0.39, 0.29) is 12.4 Å². The van der Waals surface area contributed by atoms with E-state index in [9.17, 15) is 4.39 Å². The third-order valence-corrected chi connectivity index (χ3v) is 3.09. The first kappa shape index (κ1) is 13.8. The standard InChI is InChI=1S/C13H17FN2O3/c14-12-5-10(13(15)16-17)1-2-11(12)8-19-7-9-3-4-18-6-9/h1-2,5,9,17H,3-4,6-8H2,(H2,15,16). The summed E-state index contributed by atoms with van der Waals surface area (Å²) in [6, 6.07) is 4.40. The van der Waals surface area contributed by atoms with Crippen LogP contribution >= 0.6 is 0 Å². The lowest BCUT2D eigenvalue weighted by Gasteiger charge is -2.10. The Labute approximate surface area is 110 Å². The first-order valence-electron chi connectivity index (χ1n) is 6.12. The van der Waals surface area contributed by atoms with E-state index in [4.69, 9.17) is 20.4 Å². The molecule has 1 atom stereocenters. The van der Waals surface area contributed by atoms with Crippen LogP contribution in [0.2, 0.25) is 0 Å². The molecule has 1 aromatic rings. The Morgan fingerprint density at radius 3 is 3.05 bits per heavy atom. The first-order chi connectivity index (χ1) is 9.20. The number of nitrogens with two attached hydrogens (primary N) is 1. The summed E-state index contributed by atoms with van der Waals surface area (Å²) in [6.45, 7) is 2.27. The normalized spacial score (nSPS) is 19.8. The minimum atomic E-state index is -0.424. The summed E-state index contributed by atoms with van der Waals surface area (Å²) < 4.78 is 24.5. The van der Waals surface area contributed by atoms with Crippen LogP contribution in [0.25, 0.3) is 0 Å². The summed E-state index contributed by atoms with van der Waals surface area (Å²) in [4.78, 5) is 0. The predicted molar refractivity (Wildman–Crippen MR) is 67.5 cm³/mol. The molecule has 19 heavy (non-hydrogen) atoms. The molecule has 0 amide bonds. The quantitative estimate of drug-likeness (QED) is 0.367. The maximum Gasteiger partial charge on any atom is 0.170 e. The van der Waals surface area contributed by atoms with Crippen molar-refractivity contribution in [2.45, 2.75) is 13.0 Å². The van der Waals surface area contributed by atoms with Crippen LogP contribution in [-0.2, 0) is 16.1 Å². The second-order valence-corrected chi connectivity index (χ2v) is 4.54. The summed E-state index contributed by atoms with van der Waals surface area (Å²) in [6.07, 6.45) is 0.991. The van der Waals surface area contributed by atoms with Crippen LogP contribution in [0.4, 0.5) is 4.39 Å². The highest BCUT2D eigenvalue weighted by molar-refractivity contribution is 5.97. The lowest BCUT2D eigenvalue weighted by molar-refractivity contribution is 0.0775. The number of oxime groups is 1. The van der Waals surface area contributed by atoms with E-state index in [1.807, 2.05) is 0 Å². The average Bonchev–Trinajstić information content (AvgIpc) is 2.93. The van der Waals surface area contributed by atoms with Crippen molar-refractivity contribution < 1.29 is 19.1 Å². The molecule has 1 saturated heterocycles. The highest BCUT2D eigenvalue weighted by Crippen LogP contribution is 2.15. The molecule has 5 nitrogen and oxygen atoms in total. The van der Waals surface area contributed by atoms with Crippen molar-refractivity contribution in [1.29, 1.82) is 0 Å². The maximum absolute atomic E-state index is 13.8. The van der Waals surface area contributed by atoms with Crippen molar-refractivity contribution in [3.05, 3.63) is 35.1 Å². The van der Waals surface area contributed by atoms with Crippen molar-refractivity contribution in [2.24, 2.45) is 16.8 Å². The third kappa shape index (κ3) is 3.65. The van der Waals surface area contributed by atoms with Gasteiger partial charge in [0.2, 0.25) is 0 Å². The summed E-state index contributed by atoms with van der Waals surface area (Å²) in [5.41, 5.74) is 6.18. The Morgan fingerprint density at radius 1 is 1.58 bits per heavy atom. The fourth-order valence-electron chi connectivity index (χ4n) is 1.93. The van der Waals surface area contributed by atoms with E-state index < -0.39 is 5.82 Å². The van der Waals surface area contributed by atoms with Gasteiger partial charge in [0.25, 0.3) is 0 Å². The molecule has 0 spiro atoms. The van der Waals surface area contributed by atoms with E-state index >= 15 is 0 Å². The second-order valence-electron chi connectivity index (χ2n) is 4.54. The molecule has 1 aliphatic heterocycles. The highest BCUT2D eigenvalue weighted by Gasteiger charge is 2.16. The summed E-state index contributed by atoms with van der Waals surface area (Å²) >= 11 is 0. The summed E-state index contributed by atoms with van der Waals surface area (Å²) in [7, 11) is 0. The van der Waals surface area contributed by atoms with Gasteiger partial charge in [-0.1, -0.05) is 17.3 Å². The zero-order valence-corrected chi connectivity index (χ0v) is 10.5. The smallest absolute Gasteiger partial charge is 0.170 e. The molecule has 0 aromatic heterocycles. The monoisotopic (exact) mass is 268 g/mol. The Kier molecular flexibility index (Phi) is 4.70. The van der Waals surface area contributed by atoms with Gasteiger partial charge in [0, 0.05) is 23.7 Å². The van der Waals surface area contributed by atoms with Crippen molar-refractivity contribution in [2.75, 3.05) is 19.8 Å². The van der Waals surface area contributed by atoms with Crippen molar-refractivity contribution in [1.82, 2.24) is 0 Å². The number of amidine groups is 1.